The number of carbonyl (C=O) groups is 2. The van der Waals surface area contributed by atoms with Gasteiger partial charge in [0.15, 0.2) is 11.5 Å². The van der Waals surface area contributed by atoms with E-state index < -0.39 is 6.04 Å². The number of ether oxygens (including phenoxy) is 3. The van der Waals surface area contributed by atoms with E-state index in [1.807, 2.05) is 66.7 Å². The zero-order valence-corrected chi connectivity index (χ0v) is 21.2. The molecule has 1 aliphatic heterocycles. The van der Waals surface area contributed by atoms with Crippen molar-refractivity contribution in [1.29, 1.82) is 0 Å². The Morgan fingerprint density at radius 1 is 0.806 bits per heavy atom. The van der Waals surface area contributed by atoms with Gasteiger partial charge in [0.1, 0.15) is 6.04 Å². The number of amides is 2. The lowest BCUT2D eigenvalue weighted by atomic mass is 9.98. The van der Waals surface area contributed by atoms with E-state index in [4.69, 9.17) is 14.2 Å². The number of likely N-dealkylation sites (N-methyl/N-ethyl adjacent to an activating group) is 1. The van der Waals surface area contributed by atoms with Crippen molar-refractivity contribution in [1.82, 2.24) is 9.80 Å². The first-order valence-corrected chi connectivity index (χ1v) is 11.9. The van der Waals surface area contributed by atoms with Gasteiger partial charge in [0.25, 0.3) is 0 Å². The lowest BCUT2D eigenvalue weighted by molar-refractivity contribution is -0.154. The molecule has 0 bridgehead atoms. The van der Waals surface area contributed by atoms with Gasteiger partial charge in [-0.05, 0) is 40.8 Å². The Morgan fingerprint density at radius 3 is 2.03 bits per heavy atom. The molecule has 36 heavy (non-hydrogen) atoms. The van der Waals surface area contributed by atoms with Crippen LogP contribution in [0.4, 0.5) is 0 Å². The van der Waals surface area contributed by atoms with Crippen LogP contribution in [-0.2, 0) is 22.4 Å². The summed E-state index contributed by atoms with van der Waals surface area (Å²) in [4.78, 5) is 29.2. The van der Waals surface area contributed by atoms with E-state index in [0.717, 1.165) is 28.7 Å². The molecule has 4 rings (SSSR count). The zero-order chi connectivity index (χ0) is 25.7. The number of piperazine rings is 1. The van der Waals surface area contributed by atoms with E-state index in [1.165, 1.54) is 0 Å². The summed E-state index contributed by atoms with van der Waals surface area (Å²) in [5, 5.41) is 0. The second kappa shape index (κ2) is 11.2. The first kappa shape index (κ1) is 25.1. The summed E-state index contributed by atoms with van der Waals surface area (Å²) >= 11 is 0. The molecule has 0 aromatic heterocycles. The Morgan fingerprint density at radius 2 is 1.44 bits per heavy atom. The first-order chi connectivity index (χ1) is 17.4. The zero-order valence-electron chi connectivity index (χ0n) is 21.2. The quantitative estimate of drug-likeness (QED) is 0.458. The predicted molar refractivity (Wildman–Crippen MR) is 139 cm³/mol. The van der Waals surface area contributed by atoms with Gasteiger partial charge in [-0.25, -0.2) is 0 Å². The highest BCUT2D eigenvalue weighted by molar-refractivity contribution is 5.95. The Hall–Kier alpha value is -4.00. The summed E-state index contributed by atoms with van der Waals surface area (Å²) in [5.41, 5.74) is 4.02. The SMILES string of the molecule is COc1cc(-c2ccc(C[C@H]3C(=O)N(CCc4ccccc4)CC(=O)N3C)cc2)cc(OC)c1OC. The van der Waals surface area contributed by atoms with Crippen LogP contribution in [-0.4, -0.2) is 69.1 Å². The maximum Gasteiger partial charge on any atom is 0.246 e. The molecule has 3 aromatic rings. The topological polar surface area (TPSA) is 68.3 Å². The monoisotopic (exact) mass is 488 g/mol. The van der Waals surface area contributed by atoms with Crippen LogP contribution in [0.3, 0.4) is 0 Å². The highest BCUT2D eigenvalue weighted by atomic mass is 16.5. The molecule has 1 saturated heterocycles. The smallest absolute Gasteiger partial charge is 0.246 e. The van der Waals surface area contributed by atoms with E-state index in [2.05, 4.69) is 0 Å². The van der Waals surface area contributed by atoms with Crippen LogP contribution in [0, 0.1) is 0 Å². The second-order valence-corrected chi connectivity index (χ2v) is 8.83. The average Bonchev–Trinajstić information content (AvgIpc) is 2.92. The van der Waals surface area contributed by atoms with E-state index in [-0.39, 0.29) is 18.4 Å². The van der Waals surface area contributed by atoms with Gasteiger partial charge < -0.3 is 24.0 Å². The van der Waals surface area contributed by atoms with Crippen LogP contribution in [0.1, 0.15) is 11.1 Å². The van der Waals surface area contributed by atoms with Gasteiger partial charge in [-0.3, -0.25) is 9.59 Å². The fraction of sp³-hybridized carbons (Fsp3) is 0.310. The van der Waals surface area contributed by atoms with Gasteiger partial charge in [-0.1, -0.05) is 54.6 Å². The number of hydrogen-bond acceptors (Lipinski definition) is 5. The third-order valence-electron chi connectivity index (χ3n) is 6.68. The third-order valence-corrected chi connectivity index (χ3v) is 6.68. The van der Waals surface area contributed by atoms with Crippen molar-refractivity contribution in [3.63, 3.8) is 0 Å². The van der Waals surface area contributed by atoms with Crippen molar-refractivity contribution in [2.45, 2.75) is 18.9 Å². The standard InChI is InChI=1S/C29H32N2O5/c1-30-24(29(33)31(19-27(30)32)15-14-20-8-6-5-7-9-20)16-21-10-12-22(13-11-21)23-17-25(34-2)28(36-4)26(18-23)35-3/h5-13,17-18,24H,14-16,19H2,1-4H3/t24-/m0/s1. The summed E-state index contributed by atoms with van der Waals surface area (Å²) in [6, 6.07) is 21.3. The fourth-order valence-corrected chi connectivity index (χ4v) is 4.53. The molecule has 0 saturated carbocycles. The number of carbonyl (C=O) groups excluding carboxylic acids is 2. The molecule has 1 aliphatic rings. The summed E-state index contributed by atoms with van der Waals surface area (Å²) in [5.74, 6) is 1.66. The Bertz CT molecular complexity index is 1190. The molecule has 1 atom stereocenters. The number of nitrogens with zero attached hydrogens (tertiary/aromatic N) is 2. The molecule has 0 radical (unpaired) electrons. The van der Waals surface area contributed by atoms with Crippen LogP contribution in [0.2, 0.25) is 0 Å². The Balaban J connectivity index is 1.49. The van der Waals surface area contributed by atoms with Crippen LogP contribution >= 0.6 is 0 Å². The second-order valence-electron chi connectivity index (χ2n) is 8.83. The minimum atomic E-state index is -0.519. The molecule has 188 valence electrons. The molecular formula is C29H32N2O5. The highest BCUT2D eigenvalue weighted by Gasteiger charge is 2.36. The maximum absolute atomic E-state index is 13.3. The molecule has 3 aromatic carbocycles. The molecule has 1 heterocycles. The summed E-state index contributed by atoms with van der Waals surface area (Å²) < 4.78 is 16.4. The molecule has 0 aliphatic carbocycles. The molecule has 0 spiro atoms. The van der Waals surface area contributed by atoms with Crippen molar-refractivity contribution in [3.8, 4) is 28.4 Å². The summed E-state index contributed by atoms with van der Waals surface area (Å²) in [6.07, 6.45) is 1.18. The maximum atomic E-state index is 13.3. The van der Waals surface area contributed by atoms with Crippen LogP contribution < -0.4 is 14.2 Å². The van der Waals surface area contributed by atoms with Gasteiger partial charge in [-0.2, -0.15) is 0 Å². The van der Waals surface area contributed by atoms with Crippen molar-refractivity contribution in [2.24, 2.45) is 0 Å². The van der Waals surface area contributed by atoms with Crippen molar-refractivity contribution < 1.29 is 23.8 Å². The predicted octanol–water partition coefficient (Wildman–Crippen LogP) is 3.83. The minimum absolute atomic E-state index is 0.0123. The number of hydrogen-bond donors (Lipinski definition) is 0. The molecule has 7 heteroatoms. The van der Waals surface area contributed by atoms with Crippen molar-refractivity contribution >= 4 is 11.8 Å². The van der Waals surface area contributed by atoms with Gasteiger partial charge in [-0.15, -0.1) is 0 Å². The average molecular weight is 489 g/mol. The molecule has 0 N–H and O–H groups in total. The summed E-state index contributed by atoms with van der Waals surface area (Å²) in [6.45, 7) is 0.651. The van der Waals surface area contributed by atoms with E-state index in [1.54, 1.807) is 38.2 Å². The molecule has 7 nitrogen and oxygen atoms in total. The van der Waals surface area contributed by atoms with Gasteiger partial charge >= 0.3 is 0 Å². The molecule has 2 amide bonds. The molecule has 0 unspecified atom stereocenters. The fourth-order valence-electron chi connectivity index (χ4n) is 4.53. The van der Waals surface area contributed by atoms with Crippen LogP contribution in [0.15, 0.2) is 66.7 Å². The van der Waals surface area contributed by atoms with Crippen LogP contribution in [0.5, 0.6) is 17.2 Å². The van der Waals surface area contributed by atoms with Gasteiger partial charge in [0.05, 0.1) is 27.9 Å². The van der Waals surface area contributed by atoms with Gasteiger partial charge in [0, 0.05) is 20.0 Å². The molecular weight excluding hydrogens is 456 g/mol. The van der Waals surface area contributed by atoms with Crippen molar-refractivity contribution in [3.05, 3.63) is 77.9 Å². The first-order valence-electron chi connectivity index (χ1n) is 11.9. The van der Waals surface area contributed by atoms with Gasteiger partial charge in [0.2, 0.25) is 17.6 Å². The Labute approximate surface area is 212 Å². The third kappa shape index (κ3) is 5.30. The number of methoxy groups -OCH3 is 3. The van der Waals surface area contributed by atoms with E-state index in [9.17, 15) is 9.59 Å². The molecule has 1 fully saturated rings. The lowest BCUT2D eigenvalue weighted by Crippen LogP contribution is -2.59. The number of benzene rings is 3. The lowest BCUT2D eigenvalue weighted by Gasteiger charge is -2.38. The van der Waals surface area contributed by atoms with Crippen molar-refractivity contribution in [2.75, 3.05) is 41.5 Å². The van der Waals surface area contributed by atoms with Crippen LogP contribution in [0.25, 0.3) is 11.1 Å². The number of rotatable bonds is 9. The summed E-state index contributed by atoms with van der Waals surface area (Å²) in [7, 11) is 6.47. The minimum Gasteiger partial charge on any atom is -0.493 e. The van der Waals surface area contributed by atoms with E-state index >= 15 is 0 Å². The Kier molecular flexibility index (Phi) is 7.78. The largest absolute Gasteiger partial charge is 0.493 e. The van der Waals surface area contributed by atoms with E-state index in [0.29, 0.717) is 30.2 Å². The normalized spacial score (nSPS) is 15.7. The highest BCUT2D eigenvalue weighted by Crippen LogP contribution is 2.41.